The molecule has 0 atom stereocenters. The Bertz CT molecular complexity index is 1030. The molecule has 1 fully saturated rings. The van der Waals surface area contributed by atoms with Crippen LogP contribution in [0, 0.1) is 0 Å². The lowest BCUT2D eigenvalue weighted by Crippen LogP contribution is -2.27. The van der Waals surface area contributed by atoms with Crippen LogP contribution in [0.2, 0.25) is 0 Å². The van der Waals surface area contributed by atoms with Crippen molar-refractivity contribution in [2.45, 2.75) is 30.0 Å². The zero-order valence-corrected chi connectivity index (χ0v) is 17.1. The van der Waals surface area contributed by atoms with Crippen molar-refractivity contribution >= 4 is 27.8 Å². The molecule has 0 unspecified atom stereocenters. The average molecular weight is 454 g/mol. The van der Waals surface area contributed by atoms with Gasteiger partial charge in [0, 0.05) is 31.4 Å². The predicted molar refractivity (Wildman–Crippen MR) is 110 cm³/mol. The maximum atomic E-state index is 12.5. The lowest BCUT2D eigenvalue weighted by molar-refractivity contribution is -0.137. The molecule has 1 aliphatic carbocycles. The quantitative estimate of drug-likeness (QED) is 0.400. The second kappa shape index (κ2) is 9.48. The maximum Gasteiger partial charge on any atom is 0.417 e. The molecule has 1 heterocycles. The number of amides is 1. The van der Waals surface area contributed by atoms with E-state index < -0.39 is 21.8 Å². The molecule has 3 N–H and O–H groups in total. The summed E-state index contributed by atoms with van der Waals surface area (Å²) in [5.41, 5.74) is -0.172. The predicted octanol–water partition coefficient (Wildman–Crippen LogP) is 2.78. The molecule has 3 rings (SSSR count). The smallest absolute Gasteiger partial charge is 0.368 e. The normalized spacial score (nSPS) is 14.5. The van der Waals surface area contributed by atoms with Gasteiger partial charge in [-0.1, -0.05) is 12.1 Å². The number of rotatable bonds is 9. The lowest BCUT2D eigenvalue weighted by atomic mass is 10.2. The molecule has 1 saturated carbocycles. The van der Waals surface area contributed by atoms with Crippen LogP contribution in [0.15, 0.2) is 53.6 Å². The molecule has 0 bridgehead atoms. The number of benzene rings is 1. The van der Waals surface area contributed by atoms with E-state index in [0.717, 1.165) is 25.1 Å². The van der Waals surface area contributed by atoms with Crippen LogP contribution in [-0.4, -0.2) is 38.4 Å². The molecule has 0 saturated heterocycles. The summed E-state index contributed by atoms with van der Waals surface area (Å²) in [4.78, 5) is 15.7. The minimum Gasteiger partial charge on any atom is -0.368 e. The number of anilines is 1. The van der Waals surface area contributed by atoms with Crippen molar-refractivity contribution in [3.05, 3.63) is 59.8 Å². The summed E-state index contributed by atoms with van der Waals surface area (Å²) in [6, 6.07) is 8.32. The number of nitrogens with one attached hydrogen (secondary N) is 3. The molecule has 11 heteroatoms. The minimum absolute atomic E-state index is 0.0257. The third-order valence-electron chi connectivity index (χ3n) is 4.34. The monoisotopic (exact) mass is 454 g/mol. The largest absolute Gasteiger partial charge is 0.417 e. The molecule has 2 aromatic rings. The Labute approximate surface area is 177 Å². The molecule has 1 aliphatic rings. The fraction of sp³-hybridized carbons (Fsp3) is 0.300. The van der Waals surface area contributed by atoms with E-state index in [9.17, 15) is 26.4 Å². The van der Waals surface area contributed by atoms with E-state index in [2.05, 4.69) is 20.3 Å². The third kappa shape index (κ3) is 7.07. The Balaban J connectivity index is 1.41. The van der Waals surface area contributed by atoms with Gasteiger partial charge in [-0.2, -0.15) is 13.2 Å². The zero-order chi connectivity index (χ0) is 22.5. The summed E-state index contributed by atoms with van der Waals surface area (Å²) in [5.74, 6) is -0.0988. The van der Waals surface area contributed by atoms with Gasteiger partial charge in [-0.15, -0.1) is 0 Å². The van der Waals surface area contributed by atoms with Crippen LogP contribution in [0.1, 0.15) is 24.0 Å². The number of nitrogens with zero attached hydrogens (tertiary/aromatic N) is 1. The SMILES string of the molecule is O=C(/C=C/c1ccc(S(=O)(=O)NC2CC2)cc1)NCCNc1ccc(C(F)(F)F)cn1. The van der Waals surface area contributed by atoms with Crippen LogP contribution in [0.3, 0.4) is 0 Å². The van der Waals surface area contributed by atoms with Crippen LogP contribution in [0.4, 0.5) is 19.0 Å². The number of carbonyl (C=O) groups excluding carboxylic acids is 1. The van der Waals surface area contributed by atoms with Crippen LogP contribution < -0.4 is 15.4 Å². The van der Waals surface area contributed by atoms with Crippen molar-refractivity contribution in [3.63, 3.8) is 0 Å². The van der Waals surface area contributed by atoms with Gasteiger partial charge in [0.05, 0.1) is 10.5 Å². The second-order valence-corrected chi connectivity index (χ2v) is 8.66. The zero-order valence-electron chi connectivity index (χ0n) is 16.3. The molecule has 31 heavy (non-hydrogen) atoms. The molecular formula is C20H21F3N4O3S. The molecule has 0 spiro atoms. The van der Waals surface area contributed by atoms with Crippen molar-refractivity contribution in [2.75, 3.05) is 18.4 Å². The molecule has 7 nitrogen and oxygen atoms in total. The Morgan fingerprint density at radius 2 is 1.81 bits per heavy atom. The third-order valence-corrected chi connectivity index (χ3v) is 5.87. The van der Waals surface area contributed by atoms with E-state index in [4.69, 9.17) is 0 Å². The summed E-state index contributed by atoms with van der Waals surface area (Å²) in [6.45, 7) is 0.508. The molecular weight excluding hydrogens is 433 g/mol. The summed E-state index contributed by atoms with van der Waals surface area (Å²) in [6.07, 6.45) is 0.861. The van der Waals surface area contributed by atoms with Gasteiger partial charge in [0.2, 0.25) is 15.9 Å². The van der Waals surface area contributed by atoms with Gasteiger partial charge in [0.1, 0.15) is 5.82 Å². The van der Waals surface area contributed by atoms with Crippen molar-refractivity contribution in [2.24, 2.45) is 0 Å². The highest BCUT2D eigenvalue weighted by Crippen LogP contribution is 2.28. The van der Waals surface area contributed by atoms with Gasteiger partial charge >= 0.3 is 6.18 Å². The molecule has 0 aliphatic heterocycles. The van der Waals surface area contributed by atoms with E-state index in [1.165, 1.54) is 24.3 Å². The van der Waals surface area contributed by atoms with Crippen LogP contribution in [0.25, 0.3) is 6.08 Å². The van der Waals surface area contributed by atoms with E-state index in [0.29, 0.717) is 5.56 Å². The van der Waals surface area contributed by atoms with Crippen molar-refractivity contribution in [3.8, 4) is 0 Å². The standard InChI is InChI=1S/C20H21F3N4O3S/c21-20(22,23)15-4-9-18(26-13-15)24-11-12-25-19(28)10-3-14-1-7-17(8-2-14)31(29,30)27-16-5-6-16/h1-4,7-10,13,16,27H,5-6,11-12H2,(H,24,26)(H,25,28)/b10-3+. The average Bonchev–Trinajstić information content (AvgIpc) is 3.53. The van der Waals surface area contributed by atoms with E-state index in [1.807, 2.05) is 0 Å². The number of halogens is 3. The number of aromatic nitrogens is 1. The number of pyridine rings is 1. The topological polar surface area (TPSA) is 100 Å². The number of sulfonamides is 1. The number of carbonyl (C=O) groups is 1. The Hall–Kier alpha value is -2.92. The summed E-state index contributed by atoms with van der Waals surface area (Å²) >= 11 is 0. The van der Waals surface area contributed by atoms with Crippen molar-refractivity contribution in [1.82, 2.24) is 15.0 Å². The molecule has 1 amide bonds. The van der Waals surface area contributed by atoms with Crippen molar-refractivity contribution < 1.29 is 26.4 Å². The van der Waals surface area contributed by atoms with Crippen LogP contribution in [-0.2, 0) is 21.0 Å². The maximum absolute atomic E-state index is 12.5. The van der Waals surface area contributed by atoms with Gasteiger partial charge in [-0.3, -0.25) is 4.79 Å². The lowest BCUT2D eigenvalue weighted by Gasteiger charge is -2.08. The van der Waals surface area contributed by atoms with Gasteiger partial charge in [0.25, 0.3) is 0 Å². The highest BCUT2D eigenvalue weighted by molar-refractivity contribution is 7.89. The fourth-order valence-corrected chi connectivity index (χ4v) is 3.82. The number of hydrogen-bond donors (Lipinski definition) is 3. The molecule has 0 radical (unpaired) electrons. The Kier molecular flexibility index (Phi) is 6.96. The first-order valence-electron chi connectivity index (χ1n) is 9.49. The highest BCUT2D eigenvalue weighted by atomic mass is 32.2. The van der Waals surface area contributed by atoms with E-state index >= 15 is 0 Å². The first-order valence-corrected chi connectivity index (χ1v) is 11.0. The Morgan fingerprint density at radius 3 is 2.39 bits per heavy atom. The number of alkyl halides is 3. The molecule has 166 valence electrons. The van der Waals surface area contributed by atoms with Gasteiger partial charge in [-0.05, 0) is 48.7 Å². The van der Waals surface area contributed by atoms with E-state index in [1.54, 1.807) is 18.2 Å². The molecule has 1 aromatic heterocycles. The van der Waals surface area contributed by atoms with Gasteiger partial charge < -0.3 is 10.6 Å². The first kappa shape index (κ1) is 22.8. The van der Waals surface area contributed by atoms with Crippen molar-refractivity contribution in [1.29, 1.82) is 0 Å². The Morgan fingerprint density at radius 1 is 1.10 bits per heavy atom. The molecule has 1 aromatic carbocycles. The second-order valence-electron chi connectivity index (χ2n) is 6.95. The first-order chi connectivity index (χ1) is 14.6. The highest BCUT2D eigenvalue weighted by Gasteiger charge is 2.30. The summed E-state index contributed by atoms with van der Waals surface area (Å²) < 4.78 is 64.3. The number of hydrogen-bond acceptors (Lipinski definition) is 5. The fourth-order valence-electron chi connectivity index (χ4n) is 2.52. The van der Waals surface area contributed by atoms with Gasteiger partial charge in [0.15, 0.2) is 0 Å². The summed E-state index contributed by atoms with van der Waals surface area (Å²) in [5, 5.41) is 5.43. The van der Waals surface area contributed by atoms with Crippen LogP contribution >= 0.6 is 0 Å². The summed E-state index contributed by atoms with van der Waals surface area (Å²) in [7, 11) is -3.51. The van der Waals surface area contributed by atoms with E-state index in [-0.39, 0.29) is 35.8 Å². The van der Waals surface area contributed by atoms with Crippen LogP contribution in [0.5, 0.6) is 0 Å². The minimum atomic E-state index is -4.44. The van der Waals surface area contributed by atoms with Gasteiger partial charge in [-0.25, -0.2) is 18.1 Å².